The molecule has 0 saturated carbocycles. The van der Waals surface area contributed by atoms with Crippen molar-refractivity contribution in [2.75, 3.05) is 9.44 Å². The molecule has 4 rings (SSSR count). The van der Waals surface area contributed by atoms with Crippen LogP contribution in [0.4, 0.5) is 11.4 Å². The topological polar surface area (TPSA) is 191 Å². The Morgan fingerprint density at radius 2 is 1.00 bits per heavy atom. The molecule has 4 aromatic rings. The number of nitrogens with one attached hydrogen (secondary N) is 2. The van der Waals surface area contributed by atoms with E-state index in [1.165, 1.54) is 29.7 Å². The lowest BCUT2D eigenvalue weighted by atomic mass is 10.2. The summed E-state index contributed by atoms with van der Waals surface area (Å²) in [6.07, 6.45) is 0. The van der Waals surface area contributed by atoms with Crippen LogP contribution in [0.25, 0.3) is 0 Å². The third-order valence-corrected chi connectivity index (χ3v) is 8.88. The first-order valence-corrected chi connectivity index (χ1v) is 17.1. The average molecular weight is 671 g/mol. The van der Waals surface area contributed by atoms with Gasteiger partial charge in [0.25, 0.3) is 11.1 Å². The van der Waals surface area contributed by atoms with Crippen LogP contribution in [0.3, 0.4) is 0 Å². The Hall–Kier alpha value is -5.02. The van der Waals surface area contributed by atoms with Crippen LogP contribution in [0, 0.1) is 13.8 Å². The molecule has 0 saturated heterocycles. The highest BCUT2D eigenvalue weighted by atomic mass is 32.2. The number of hydrogen-bond donors (Lipinski definition) is 3. The van der Waals surface area contributed by atoms with Crippen molar-refractivity contribution < 1.29 is 31.5 Å². The summed E-state index contributed by atoms with van der Waals surface area (Å²) >= 11 is 0. The summed E-state index contributed by atoms with van der Waals surface area (Å²) < 4.78 is 55.5. The van der Waals surface area contributed by atoms with Crippen LogP contribution in [0.5, 0.6) is 0 Å². The second-order valence-corrected chi connectivity index (χ2v) is 13.8. The molecule has 2 aromatic carbocycles. The van der Waals surface area contributed by atoms with Crippen molar-refractivity contribution in [3.63, 3.8) is 0 Å². The number of rotatable bonds is 12. The van der Waals surface area contributed by atoms with Crippen LogP contribution in [0.15, 0.2) is 94.5 Å². The first-order valence-electron chi connectivity index (χ1n) is 13.8. The van der Waals surface area contributed by atoms with Crippen molar-refractivity contribution in [3.05, 3.63) is 128 Å². The molecule has 0 radical (unpaired) electrons. The molecule has 0 fully saturated rings. The molecule has 0 bridgehead atoms. The fourth-order valence-corrected chi connectivity index (χ4v) is 6.63. The highest BCUT2D eigenvalue weighted by molar-refractivity contribution is 7.92. The van der Waals surface area contributed by atoms with E-state index in [1.807, 2.05) is 0 Å². The van der Waals surface area contributed by atoms with Gasteiger partial charge in [-0.15, -0.1) is 0 Å². The highest BCUT2D eigenvalue weighted by Crippen LogP contribution is 2.12. The monoisotopic (exact) mass is 670 g/mol. The Labute approximate surface area is 266 Å². The fraction of sp³-hybridized carbons (Fsp3) is 0.226. The van der Waals surface area contributed by atoms with E-state index in [0.29, 0.717) is 22.5 Å². The first kappa shape index (κ1) is 35.5. The third-order valence-electron chi connectivity index (χ3n) is 6.39. The summed E-state index contributed by atoms with van der Waals surface area (Å²) in [7, 11) is -7.50. The molecule has 0 aliphatic heterocycles. The van der Waals surface area contributed by atoms with Gasteiger partial charge >= 0.3 is 5.97 Å². The summed E-state index contributed by atoms with van der Waals surface area (Å²) in [6, 6.07) is 23.1. The van der Waals surface area contributed by atoms with Crippen molar-refractivity contribution in [1.82, 2.24) is 9.13 Å². The molecule has 0 aliphatic carbocycles. The van der Waals surface area contributed by atoms with E-state index in [0.717, 1.165) is 4.57 Å². The predicted octanol–water partition coefficient (Wildman–Crippen LogP) is 2.87. The molecular weight excluding hydrogens is 636 g/mol. The van der Waals surface area contributed by atoms with Crippen LogP contribution in [0.2, 0.25) is 0 Å². The average Bonchev–Trinajstić information content (AvgIpc) is 2.97. The number of ketones is 1. The molecule has 0 aliphatic rings. The van der Waals surface area contributed by atoms with Crippen molar-refractivity contribution in [1.29, 1.82) is 0 Å². The number of carbonyl (C=O) groups excluding carboxylic acids is 1. The van der Waals surface area contributed by atoms with E-state index in [4.69, 9.17) is 5.11 Å². The van der Waals surface area contributed by atoms with Gasteiger partial charge in [0.15, 0.2) is 0 Å². The molecule has 0 amide bonds. The third kappa shape index (κ3) is 10.6. The lowest BCUT2D eigenvalue weighted by molar-refractivity contribution is -0.137. The predicted molar refractivity (Wildman–Crippen MR) is 175 cm³/mol. The number of aryl methyl sites for hydroxylation is 2. The standard InChI is InChI=1S/C16H18N2O4S.C15H16N2O5S/c1-12-8-9-15(16(20)18(12)10-13(2)19)17-23(21,22)11-14-6-4-3-5-7-14;1-11-7-8-13(15(20)17(11)9-14(18)19)16-23(21,22)10-12-5-3-2-4-6-12/h3-9,17H,10-11H2,1-2H3;2-8,16H,9-10H2,1H3,(H,18,19). The Kier molecular flexibility index (Phi) is 11.8. The minimum absolute atomic E-state index is 0.0622. The molecular formula is C31H34N4O9S2. The highest BCUT2D eigenvalue weighted by Gasteiger charge is 2.17. The van der Waals surface area contributed by atoms with Gasteiger partial charge in [0.2, 0.25) is 20.0 Å². The van der Waals surface area contributed by atoms with Gasteiger partial charge in [-0.25, -0.2) is 16.8 Å². The van der Waals surface area contributed by atoms with Crippen LogP contribution < -0.4 is 20.6 Å². The van der Waals surface area contributed by atoms with Crippen molar-refractivity contribution in [3.8, 4) is 0 Å². The summed E-state index contributed by atoms with van der Waals surface area (Å²) in [6.45, 7) is 4.02. The quantitative estimate of drug-likeness (QED) is 0.203. The second-order valence-electron chi connectivity index (χ2n) is 10.3. The van der Waals surface area contributed by atoms with Gasteiger partial charge in [-0.05, 0) is 56.2 Å². The number of hydrogen-bond acceptors (Lipinski definition) is 8. The zero-order chi connectivity index (χ0) is 34.1. The molecule has 0 spiro atoms. The van der Waals surface area contributed by atoms with Gasteiger partial charge < -0.3 is 9.67 Å². The zero-order valence-electron chi connectivity index (χ0n) is 25.3. The molecule has 2 aromatic heterocycles. The summed E-state index contributed by atoms with van der Waals surface area (Å²) in [5.74, 6) is -1.87. The molecule has 13 nitrogen and oxygen atoms in total. The maximum Gasteiger partial charge on any atom is 0.323 e. The molecule has 15 heteroatoms. The zero-order valence-corrected chi connectivity index (χ0v) is 27.0. The van der Waals surface area contributed by atoms with Crippen molar-refractivity contribution >= 4 is 43.2 Å². The van der Waals surface area contributed by atoms with Crippen molar-refractivity contribution in [2.45, 2.75) is 45.4 Å². The normalized spacial score (nSPS) is 11.2. The minimum atomic E-state index is -3.78. The van der Waals surface area contributed by atoms with E-state index >= 15 is 0 Å². The van der Waals surface area contributed by atoms with Gasteiger partial charge in [-0.2, -0.15) is 0 Å². The molecule has 0 unspecified atom stereocenters. The Balaban J connectivity index is 0.000000250. The van der Waals surface area contributed by atoms with Gasteiger partial charge in [0, 0.05) is 11.4 Å². The number of aliphatic carboxylic acids is 1. The largest absolute Gasteiger partial charge is 0.480 e. The van der Waals surface area contributed by atoms with Crippen LogP contribution >= 0.6 is 0 Å². The van der Waals surface area contributed by atoms with E-state index in [1.54, 1.807) is 80.6 Å². The Bertz CT molecular complexity index is 1890. The minimum Gasteiger partial charge on any atom is -0.480 e. The number of sulfonamides is 2. The Morgan fingerprint density at radius 1 is 0.630 bits per heavy atom. The summed E-state index contributed by atoms with van der Waals surface area (Å²) in [5, 5.41) is 8.84. The second kappa shape index (κ2) is 15.3. The number of aromatic nitrogens is 2. The SMILES string of the molecule is CC(=O)Cn1c(C)ccc(NS(=O)(=O)Cc2ccccc2)c1=O.Cc1ccc(NS(=O)(=O)Cc2ccccc2)c(=O)n1CC(=O)O. The fourth-order valence-electron chi connectivity index (χ4n) is 4.24. The van der Waals surface area contributed by atoms with Gasteiger partial charge in [0.05, 0.1) is 18.1 Å². The molecule has 3 N–H and O–H groups in total. The van der Waals surface area contributed by atoms with Crippen LogP contribution in [0.1, 0.15) is 29.4 Å². The van der Waals surface area contributed by atoms with E-state index in [9.17, 15) is 36.0 Å². The van der Waals surface area contributed by atoms with E-state index in [2.05, 4.69) is 9.44 Å². The van der Waals surface area contributed by atoms with Crippen LogP contribution in [-0.2, 0) is 54.2 Å². The maximum absolute atomic E-state index is 12.3. The number of carbonyl (C=O) groups is 2. The van der Waals surface area contributed by atoms with Crippen LogP contribution in [-0.4, -0.2) is 42.8 Å². The number of carboxylic acid groups (broad SMARTS) is 1. The number of pyridine rings is 2. The lowest BCUT2D eigenvalue weighted by Crippen LogP contribution is -2.30. The maximum atomic E-state index is 12.3. The number of benzene rings is 2. The van der Waals surface area contributed by atoms with Gasteiger partial charge in [-0.1, -0.05) is 60.7 Å². The first-order chi connectivity index (χ1) is 21.6. The molecule has 0 atom stereocenters. The van der Waals surface area contributed by atoms with Crippen molar-refractivity contribution in [2.24, 2.45) is 0 Å². The number of carboxylic acids is 1. The molecule has 46 heavy (non-hydrogen) atoms. The number of anilines is 2. The summed E-state index contributed by atoms with van der Waals surface area (Å²) in [4.78, 5) is 46.6. The lowest BCUT2D eigenvalue weighted by Gasteiger charge is -2.12. The van der Waals surface area contributed by atoms with E-state index in [-0.39, 0.29) is 35.2 Å². The smallest absolute Gasteiger partial charge is 0.323 e. The number of Topliss-reactive ketones (excluding diaryl/α,β-unsaturated/α-hetero) is 1. The molecule has 2 heterocycles. The Morgan fingerprint density at radius 3 is 1.35 bits per heavy atom. The van der Waals surface area contributed by atoms with Gasteiger partial charge in [0.1, 0.15) is 23.7 Å². The molecule has 244 valence electrons. The summed E-state index contributed by atoms with van der Waals surface area (Å²) in [5.41, 5.74) is 0.773. The van der Waals surface area contributed by atoms with E-state index < -0.39 is 43.7 Å². The number of nitrogens with zero attached hydrogens (tertiary/aromatic N) is 2. The van der Waals surface area contributed by atoms with Gasteiger partial charge in [-0.3, -0.25) is 33.2 Å².